The number of rotatable bonds is 2. The van der Waals surface area contributed by atoms with Crippen LogP contribution in [0, 0.1) is 3.57 Å². The van der Waals surface area contributed by atoms with E-state index in [1.807, 2.05) is 36.4 Å². The van der Waals surface area contributed by atoms with E-state index in [1.54, 1.807) is 6.20 Å². The van der Waals surface area contributed by atoms with Crippen molar-refractivity contribution < 1.29 is 4.52 Å². The molecule has 2 aromatic heterocycles. The molecular formula is C14H9ClIN3O. The number of nitrogens with two attached hydrogens (primary N) is 1. The lowest BCUT2D eigenvalue weighted by atomic mass is 10.1. The third-order valence-corrected chi connectivity index (χ3v) is 4.39. The van der Waals surface area contributed by atoms with Crippen molar-refractivity contribution in [1.29, 1.82) is 0 Å². The van der Waals surface area contributed by atoms with Crippen LogP contribution in [0.15, 0.2) is 47.1 Å². The van der Waals surface area contributed by atoms with Gasteiger partial charge in [0.25, 0.3) is 0 Å². The zero-order chi connectivity index (χ0) is 14.1. The van der Waals surface area contributed by atoms with E-state index < -0.39 is 0 Å². The van der Waals surface area contributed by atoms with Crippen LogP contribution in [0.1, 0.15) is 0 Å². The van der Waals surface area contributed by atoms with E-state index in [2.05, 4.69) is 32.7 Å². The van der Waals surface area contributed by atoms with Gasteiger partial charge in [0.15, 0.2) is 11.6 Å². The third-order valence-electron chi connectivity index (χ3n) is 2.82. The highest BCUT2D eigenvalue weighted by Crippen LogP contribution is 2.36. The molecule has 2 heterocycles. The van der Waals surface area contributed by atoms with Crippen LogP contribution >= 0.6 is 34.2 Å². The Balaban J connectivity index is 2.18. The molecule has 0 aliphatic carbocycles. The van der Waals surface area contributed by atoms with E-state index in [4.69, 9.17) is 21.9 Å². The molecule has 0 saturated carbocycles. The smallest absolute Gasteiger partial charge is 0.178 e. The van der Waals surface area contributed by atoms with E-state index in [9.17, 15) is 0 Å². The molecule has 3 aromatic rings. The molecule has 0 bridgehead atoms. The van der Waals surface area contributed by atoms with Crippen molar-refractivity contribution >= 4 is 40.0 Å². The molecule has 0 spiro atoms. The predicted octanol–water partition coefficient (Wildman–Crippen LogP) is 4.24. The minimum Gasteiger partial charge on any atom is -0.380 e. The first-order valence-corrected chi connectivity index (χ1v) is 7.24. The lowest BCUT2D eigenvalue weighted by molar-refractivity contribution is 0.436. The van der Waals surface area contributed by atoms with Crippen molar-refractivity contribution in [1.82, 2.24) is 10.1 Å². The van der Waals surface area contributed by atoms with Crippen molar-refractivity contribution in [2.45, 2.75) is 0 Å². The number of hydrogen-bond acceptors (Lipinski definition) is 4. The highest BCUT2D eigenvalue weighted by atomic mass is 127. The highest BCUT2D eigenvalue weighted by molar-refractivity contribution is 14.1. The van der Waals surface area contributed by atoms with Crippen molar-refractivity contribution in [2.24, 2.45) is 0 Å². The maximum atomic E-state index is 6.15. The van der Waals surface area contributed by atoms with Crippen LogP contribution in [-0.4, -0.2) is 10.1 Å². The van der Waals surface area contributed by atoms with Gasteiger partial charge in [-0.05, 0) is 52.9 Å². The summed E-state index contributed by atoms with van der Waals surface area (Å²) in [5.41, 5.74) is 8.12. The Kier molecular flexibility index (Phi) is 3.62. The molecule has 0 amide bonds. The molecule has 4 nitrogen and oxygen atoms in total. The van der Waals surface area contributed by atoms with Crippen LogP contribution < -0.4 is 5.73 Å². The zero-order valence-electron chi connectivity index (χ0n) is 10.2. The lowest BCUT2D eigenvalue weighted by Crippen LogP contribution is -1.90. The summed E-state index contributed by atoms with van der Waals surface area (Å²) in [6, 6.07) is 11.3. The summed E-state index contributed by atoms with van der Waals surface area (Å²) in [7, 11) is 0. The van der Waals surface area contributed by atoms with Crippen molar-refractivity contribution in [3.63, 3.8) is 0 Å². The molecule has 0 radical (unpaired) electrons. The molecule has 6 heteroatoms. The van der Waals surface area contributed by atoms with Gasteiger partial charge in [-0.2, -0.15) is 0 Å². The van der Waals surface area contributed by atoms with Crippen molar-refractivity contribution in [3.8, 4) is 22.6 Å². The van der Waals surface area contributed by atoms with Gasteiger partial charge in [-0.1, -0.05) is 22.8 Å². The lowest BCUT2D eigenvalue weighted by Gasteiger charge is -2.03. The fraction of sp³-hybridized carbons (Fsp3) is 0. The number of hydrogen-bond donors (Lipinski definition) is 1. The number of anilines is 1. The predicted molar refractivity (Wildman–Crippen MR) is 87.3 cm³/mol. The molecule has 2 N–H and O–H groups in total. The summed E-state index contributed by atoms with van der Waals surface area (Å²) in [6.07, 6.45) is 1.70. The van der Waals surface area contributed by atoms with Gasteiger partial charge in [0.05, 0.1) is 16.3 Å². The molecule has 3 rings (SSSR count). The van der Waals surface area contributed by atoms with Crippen LogP contribution in [0.25, 0.3) is 22.6 Å². The van der Waals surface area contributed by atoms with Gasteiger partial charge < -0.3 is 10.3 Å². The fourth-order valence-electron chi connectivity index (χ4n) is 1.90. The molecule has 0 atom stereocenters. The minimum absolute atomic E-state index is 0.313. The summed E-state index contributed by atoms with van der Waals surface area (Å²) in [5, 5.41) is 4.50. The molecule has 0 saturated heterocycles. The Hall–Kier alpha value is -1.60. The summed E-state index contributed by atoms with van der Waals surface area (Å²) < 4.78 is 6.33. The molecule has 0 aliphatic heterocycles. The van der Waals surface area contributed by atoms with Gasteiger partial charge in [0.1, 0.15) is 0 Å². The largest absolute Gasteiger partial charge is 0.380 e. The molecular weight excluding hydrogens is 389 g/mol. The van der Waals surface area contributed by atoms with E-state index in [1.165, 1.54) is 0 Å². The molecule has 1 aromatic carbocycles. The SMILES string of the molecule is Nc1noc(-c2ccc(I)c(Cl)c2)c1-c1ccccn1. The second-order valence-corrected chi connectivity index (χ2v) is 5.69. The van der Waals surface area contributed by atoms with Gasteiger partial charge in [0, 0.05) is 15.3 Å². The first-order valence-electron chi connectivity index (χ1n) is 5.79. The van der Waals surface area contributed by atoms with E-state index >= 15 is 0 Å². The molecule has 100 valence electrons. The number of nitrogen functional groups attached to an aromatic ring is 1. The standard InChI is InChI=1S/C14H9ClIN3O/c15-9-7-8(4-5-10(9)16)13-12(14(17)19-20-13)11-3-1-2-6-18-11/h1-7H,(H2,17,19). The quantitative estimate of drug-likeness (QED) is 0.657. The Labute approximate surface area is 134 Å². The van der Waals surface area contributed by atoms with Gasteiger partial charge in [-0.3, -0.25) is 4.98 Å². The summed E-state index contributed by atoms with van der Waals surface area (Å²) in [6.45, 7) is 0. The van der Waals surface area contributed by atoms with Crippen LogP contribution in [0.4, 0.5) is 5.82 Å². The Morgan fingerprint density at radius 1 is 1.20 bits per heavy atom. The summed E-state index contributed by atoms with van der Waals surface area (Å²) >= 11 is 8.32. The molecule has 0 fully saturated rings. The van der Waals surface area contributed by atoms with Crippen LogP contribution in [0.5, 0.6) is 0 Å². The first-order chi connectivity index (χ1) is 9.66. The van der Waals surface area contributed by atoms with Crippen molar-refractivity contribution in [3.05, 3.63) is 51.2 Å². The average molecular weight is 398 g/mol. The second-order valence-electron chi connectivity index (χ2n) is 4.12. The molecule has 20 heavy (non-hydrogen) atoms. The Morgan fingerprint density at radius 3 is 2.75 bits per heavy atom. The number of halogens is 2. The number of benzene rings is 1. The maximum Gasteiger partial charge on any atom is 0.178 e. The van der Waals surface area contributed by atoms with Crippen LogP contribution in [0.2, 0.25) is 5.02 Å². The van der Waals surface area contributed by atoms with Crippen LogP contribution in [0.3, 0.4) is 0 Å². The Morgan fingerprint density at radius 2 is 2.05 bits per heavy atom. The van der Waals surface area contributed by atoms with Gasteiger partial charge in [0.2, 0.25) is 0 Å². The molecule has 0 unspecified atom stereocenters. The molecule has 0 aliphatic rings. The third kappa shape index (κ3) is 2.38. The van der Waals surface area contributed by atoms with Crippen molar-refractivity contribution in [2.75, 3.05) is 5.73 Å². The minimum atomic E-state index is 0.313. The number of pyridine rings is 1. The summed E-state index contributed by atoms with van der Waals surface area (Å²) in [5.74, 6) is 0.882. The first kappa shape index (κ1) is 13.4. The topological polar surface area (TPSA) is 64.9 Å². The average Bonchev–Trinajstić information content (AvgIpc) is 2.85. The fourth-order valence-corrected chi connectivity index (χ4v) is 2.41. The van der Waals surface area contributed by atoms with Crippen LogP contribution in [-0.2, 0) is 0 Å². The van der Waals surface area contributed by atoms with E-state index in [-0.39, 0.29) is 0 Å². The highest BCUT2D eigenvalue weighted by Gasteiger charge is 2.19. The second kappa shape index (κ2) is 5.41. The van der Waals surface area contributed by atoms with Gasteiger partial charge in [-0.25, -0.2) is 0 Å². The van der Waals surface area contributed by atoms with Gasteiger partial charge in [-0.15, -0.1) is 0 Å². The number of aromatic nitrogens is 2. The maximum absolute atomic E-state index is 6.15. The normalized spacial score (nSPS) is 10.7. The zero-order valence-corrected chi connectivity index (χ0v) is 13.1. The van der Waals surface area contributed by atoms with E-state index in [0.717, 1.165) is 14.8 Å². The number of nitrogens with zero attached hydrogens (tertiary/aromatic N) is 2. The van der Waals surface area contributed by atoms with E-state index in [0.29, 0.717) is 22.2 Å². The van der Waals surface area contributed by atoms with Gasteiger partial charge >= 0.3 is 0 Å². The summed E-state index contributed by atoms with van der Waals surface area (Å²) in [4.78, 5) is 4.29. The Bertz CT molecular complexity index is 758. The monoisotopic (exact) mass is 397 g/mol.